The van der Waals surface area contributed by atoms with Crippen LogP contribution in [0.15, 0.2) is 207 Å². The van der Waals surface area contributed by atoms with Crippen LogP contribution < -0.4 is 0 Å². The Bertz CT molecular complexity index is 2940. The number of carbonyl (C=O) groups is 4. The Labute approximate surface area is 678 Å². The highest BCUT2D eigenvalue weighted by atomic mass is 31.2. The first-order valence-electron chi connectivity index (χ1n) is 42.3. The summed E-state index contributed by atoms with van der Waals surface area (Å²) in [4.78, 5) is 73.2. The van der Waals surface area contributed by atoms with Crippen LogP contribution in [0.1, 0.15) is 297 Å². The molecule has 0 amide bonds. The van der Waals surface area contributed by atoms with Crippen LogP contribution >= 0.6 is 15.6 Å². The van der Waals surface area contributed by atoms with E-state index in [1.807, 2.05) is 18.2 Å². The van der Waals surface area contributed by atoms with Gasteiger partial charge in [-0.15, -0.1) is 0 Å². The zero-order valence-corrected chi connectivity index (χ0v) is 71.0. The van der Waals surface area contributed by atoms with E-state index in [1.54, 1.807) is 0 Å². The third-order valence-electron chi connectivity index (χ3n) is 16.7. The molecule has 0 aliphatic heterocycles. The monoisotopic (exact) mass is 1600 g/mol. The molecule has 0 aromatic rings. The molecule has 0 saturated heterocycles. The van der Waals surface area contributed by atoms with E-state index < -0.39 is 97.5 Å². The summed E-state index contributed by atoms with van der Waals surface area (Å²) in [5.74, 6) is -2.36. The minimum atomic E-state index is -5.02. The van der Waals surface area contributed by atoms with Gasteiger partial charge in [-0.1, -0.05) is 298 Å². The van der Waals surface area contributed by atoms with Gasteiger partial charge in [0, 0.05) is 25.7 Å². The van der Waals surface area contributed by atoms with Crippen LogP contribution in [-0.2, 0) is 65.4 Å². The normalized spacial score (nSPS) is 14.8. The summed E-state index contributed by atoms with van der Waals surface area (Å²) in [5, 5.41) is 10.7. The molecule has 5 unspecified atom stereocenters. The van der Waals surface area contributed by atoms with Crippen molar-refractivity contribution >= 4 is 39.5 Å². The first-order valence-corrected chi connectivity index (χ1v) is 45.3. The SMILES string of the molecule is CC/C=C\C/C=C\C/C=C\C/C=C\C/C=C\C/C=C\CCC(=O)OCC(COP(=O)(O)OCC(O)COP(=O)(O)OCC(COC(=O)CCCCC/C=C\C/C=C\C/C=C\C/C=C\C/C=C\CC)OC(=O)CCCCCCCC/C=C\C/C=C\C/C=C\C/C=C\CC)OC(=O)CCCCCCC/C=C\C/C=C\CCCCC. The van der Waals surface area contributed by atoms with Gasteiger partial charge in [-0.3, -0.25) is 37.3 Å². The number of phosphoric acid groups is 2. The minimum Gasteiger partial charge on any atom is -0.462 e. The maximum atomic E-state index is 13.1. The van der Waals surface area contributed by atoms with Crippen molar-refractivity contribution in [2.75, 3.05) is 39.6 Å². The van der Waals surface area contributed by atoms with Crippen LogP contribution in [0.25, 0.3) is 0 Å². The second-order valence-corrected chi connectivity index (χ2v) is 30.2. The number of aliphatic hydroxyl groups excluding tert-OH is 1. The number of esters is 4. The summed E-state index contributed by atoms with van der Waals surface area (Å²) in [7, 11) is -10.0. The fourth-order valence-corrected chi connectivity index (χ4v) is 12.0. The smallest absolute Gasteiger partial charge is 0.462 e. The molecular formula is C93H148O17P2. The number of allylic oxidation sites excluding steroid dienone is 34. The Balaban J connectivity index is 5.53. The van der Waals surface area contributed by atoms with Gasteiger partial charge < -0.3 is 33.8 Å². The van der Waals surface area contributed by atoms with Crippen LogP contribution in [0, 0.1) is 0 Å². The lowest BCUT2D eigenvalue weighted by Gasteiger charge is -2.21. The average Bonchev–Trinajstić information content (AvgIpc) is 0.898. The van der Waals surface area contributed by atoms with E-state index >= 15 is 0 Å². The molecule has 0 aliphatic carbocycles. The molecule has 112 heavy (non-hydrogen) atoms. The molecule has 0 rings (SSSR count). The van der Waals surface area contributed by atoms with Gasteiger partial charge >= 0.3 is 39.5 Å². The standard InChI is InChI=1S/C93H148O17P2/c1-5-9-13-17-21-25-29-33-37-40-43-46-50-53-57-61-65-69-73-77-90(95)103-83-88(109-92(97)79-75-71-67-63-59-55-49-36-32-28-24-20-16-12-8-4)85-107-111(99,100)105-81-87(94)82-106-112(101,102)108-86-89(110-93(98)80-76-72-68-64-60-56-52-48-45-42-39-35-31-27-23-19-15-11-7-3)84-104-91(96)78-74-70-66-62-58-54-51-47-44-41-38-34-30-26-22-18-14-10-6-2/h9-11,13-15,21-28,33-39,43-49,53-54,57-58,65,69,87-89,94H,5-8,12,16-20,29-32,40-42,50-52,55-56,59-64,66-68,70-86H2,1-4H3,(H,99,100)(H,101,102)/b13-9-,14-10-,15-11-,25-21-,26-22-,27-23-,28-24-,37-33-,38-34-,39-35-,46-43-,47-44-,48-45-,49-36-,57-53-,58-54-,69-65-. The van der Waals surface area contributed by atoms with E-state index in [4.69, 9.17) is 37.0 Å². The quantitative estimate of drug-likeness (QED) is 0.0169. The molecule has 17 nitrogen and oxygen atoms in total. The van der Waals surface area contributed by atoms with Gasteiger partial charge in [-0.2, -0.15) is 0 Å². The molecule has 0 saturated carbocycles. The molecule has 0 bridgehead atoms. The summed E-state index contributed by atoms with van der Waals surface area (Å²) in [5.41, 5.74) is 0. The van der Waals surface area contributed by atoms with E-state index in [0.717, 1.165) is 193 Å². The molecule has 0 aliphatic rings. The molecule has 632 valence electrons. The minimum absolute atomic E-state index is 0.0248. The van der Waals surface area contributed by atoms with E-state index in [2.05, 4.69) is 216 Å². The third kappa shape index (κ3) is 81.6. The lowest BCUT2D eigenvalue weighted by molar-refractivity contribution is -0.161. The molecule has 0 fully saturated rings. The van der Waals surface area contributed by atoms with Crippen LogP contribution in [-0.4, -0.2) is 96.7 Å². The molecular weight excluding hydrogens is 1450 g/mol. The van der Waals surface area contributed by atoms with Gasteiger partial charge in [0.25, 0.3) is 0 Å². The van der Waals surface area contributed by atoms with E-state index in [-0.39, 0.29) is 25.7 Å². The highest BCUT2D eigenvalue weighted by molar-refractivity contribution is 7.47. The molecule has 0 radical (unpaired) electrons. The van der Waals surface area contributed by atoms with Gasteiger partial charge in [0.15, 0.2) is 12.2 Å². The second-order valence-electron chi connectivity index (χ2n) is 27.3. The van der Waals surface area contributed by atoms with Gasteiger partial charge in [0.05, 0.1) is 26.4 Å². The number of aliphatic hydroxyl groups is 1. The summed E-state index contributed by atoms with van der Waals surface area (Å²) < 4.78 is 68.7. The molecule has 3 N–H and O–H groups in total. The van der Waals surface area contributed by atoms with E-state index in [0.29, 0.717) is 32.1 Å². The Morgan fingerprint density at radius 1 is 0.259 bits per heavy atom. The Morgan fingerprint density at radius 3 is 0.777 bits per heavy atom. The number of rotatable bonds is 77. The molecule has 0 spiro atoms. The number of hydrogen-bond acceptors (Lipinski definition) is 15. The number of hydrogen-bond donors (Lipinski definition) is 3. The molecule has 0 aromatic carbocycles. The van der Waals surface area contributed by atoms with Crippen molar-refractivity contribution in [1.82, 2.24) is 0 Å². The fraction of sp³-hybridized carbons (Fsp3) is 0.591. The van der Waals surface area contributed by atoms with E-state index in [1.165, 1.54) is 19.3 Å². The Morgan fingerprint density at radius 2 is 0.482 bits per heavy atom. The fourth-order valence-electron chi connectivity index (χ4n) is 10.4. The van der Waals surface area contributed by atoms with E-state index in [9.17, 15) is 43.2 Å². The van der Waals surface area contributed by atoms with Crippen molar-refractivity contribution in [3.63, 3.8) is 0 Å². The van der Waals surface area contributed by atoms with Crippen molar-refractivity contribution in [2.45, 2.75) is 316 Å². The Kier molecular flexibility index (Phi) is 77.9. The Hall–Kier alpha value is -6.36. The van der Waals surface area contributed by atoms with Crippen LogP contribution in [0.5, 0.6) is 0 Å². The molecule has 5 atom stereocenters. The third-order valence-corrected chi connectivity index (χ3v) is 18.6. The van der Waals surface area contributed by atoms with Crippen molar-refractivity contribution in [2.24, 2.45) is 0 Å². The van der Waals surface area contributed by atoms with Crippen molar-refractivity contribution in [1.29, 1.82) is 0 Å². The average molecular weight is 1600 g/mol. The van der Waals surface area contributed by atoms with Crippen LogP contribution in [0.2, 0.25) is 0 Å². The lowest BCUT2D eigenvalue weighted by atomic mass is 10.1. The maximum Gasteiger partial charge on any atom is 0.472 e. The first-order chi connectivity index (χ1) is 54.7. The summed E-state index contributed by atoms with van der Waals surface area (Å²) in [6.45, 7) is 4.34. The predicted octanol–water partition coefficient (Wildman–Crippen LogP) is 25.4. The number of unbranched alkanes of at least 4 members (excludes halogenated alkanes) is 17. The van der Waals surface area contributed by atoms with Crippen LogP contribution in [0.3, 0.4) is 0 Å². The summed E-state index contributed by atoms with van der Waals surface area (Å²) >= 11 is 0. The summed E-state index contributed by atoms with van der Waals surface area (Å²) in [6, 6.07) is 0. The molecule has 0 heterocycles. The zero-order chi connectivity index (χ0) is 81.7. The number of carbonyl (C=O) groups excluding carboxylic acids is 4. The van der Waals surface area contributed by atoms with Crippen molar-refractivity contribution in [3.05, 3.63) is 207 Å². The highest BCUT2D eigenvalue weighted by Gasteiger charge is 2.30. The highest BCUT2D eigenvalue weighted by Crippen LogP contribution is 2.45. The lowest BCUT2D eigenvalue weighted by Crippen LogP contribution is -2.30. The second kappa shape index (κ2) is 82.6. The topological polar surface area (TPSA) is 237 Å². The van der Waals surface area contributed by atoms with Gasteiger partial charge in [0.1, 0.15) is 19.3 Å². The van der Waals surface area contributed by atoms with Gasteiger partial charge in [-0.25, -0.2) is 9.13 Å². The first kappa shape index (κ1) is 106. The summed E-state index contributed by atoms with van der Waals surface area (Å²) in [6.07, 6.45) is 104. The number of ether oxygens (including phenoxy) is 4. The van der Waals surface area contributed by atoms with Crippen LogP contribution in [0.4, 0.5) is 0 Å². The van der Waals surface area contributed by atoms with Crippen molar-refractivity contribution in [3.8, 4) is 0 Å². The number of phosphoric ester groups is 2. The molecule has 0 aromatic heterocycles. The predicted molar refractivity (Wildman–Crippen MR) is 463 cm³/mol. The van der Waals surface area contributed by atoms with Gasteiger partial charge in [0.2, 0.25) is 0 Å². The zero-order valence-electron chi connectivity index (χ0n) is 69.3. The molecule has 19 heteroatoms. The largest absolute Gasteiger partial charge is 0.472 e. The van der Waals surface area contributed by atoms with Gasteiger partial charge in [-0.05, 0) is 180 Å². The van der Waals surface area contributed by atoms with Crippen molar-refractivity contribution < 1.29 is 80.2 Å². The maximum absolute atomic E-state index is 13.1.